The summed E-state index contributed by atoms with van der Waals surface area (Å²) in [7, 11) is 3.55. The van der Waals surface area contributed by atoms with Crippen LogP contribution in [0.2, 0.25) is 0 Å². The van der Waals surface area contributed by atoms with Crippen LogP contribution in [0.1, 0.15) is 0 Å². The first-order valence-electron chi connectivity index (χ1n) is 0.575. The van der Waals surface area contributed by atoms with Gasteiger partial charge >= 0.3 is 92.7 Å². The van der Waals surface area contributed by atoms with E-state index in [-0.39, 0.29) is 37.7 Å². The topological polar surface area (TPSA) is 0 Å². The molecule has 0 aromatic heterocycles. The summed E-state index contributed by atoms with van der Waals surface area (Å²) in [6.45, 7) is 0. The Balaban J connectivity index is -0.0000000450. The molecule has 0 aliphatic rings. The van der Waals surface area contributed by atoms with Crippen LogP contribution in [-0.4, -0.2) is 37.7 Å². The summed E-state index contributed by atoms with van der Waals surface area (Å²) in [6.07, 6.45) is 0. The first-order chi connectivity index (χ1) is 1.91. The van der Waals surface area contributed by atoms with Crippen molar-refractivity contribution in [1.82, 2.24) is 0 Å². The molecule has 0 saturated carbocycles. The molecule has 0 nitrogen and oxygen atoms in total. The fraction of sp³-hybridized carbons (Fsp3) is 0. The van der Waals surface area contributed by atoms with E-state index in [9.17, 15) is 0 Å². The van der Waals surface area contributed by atoms with Crippen LogP contribution in [0.4, 0.5) is 0 Å². The molecule has 0 amide bonds. The molecule has 0 N–H and O–H groups in total. The van der Waals surface area contributed by atoms with Gasteiger partial charge in [0.05, 0.1) is 0 Å². The molecule has 0 fully saturated rings. The van der Waals surface area contributed by atoms with Crippen molar-refractivity contribution >= 4 is 54.5 Å². The number of rotatable bonds is 1. The Morgan fingerprint density at radius 1 is 0.833 bits per heavy atom. The van der Waals surface area contributed by atoms with Crippen LogP contribution in [-0.2, 0) is 38.3 Å². The van der Waals surface area contributed by atoms with Gasteiger partial charge in [-0.3, -0.25) is 0 Å². The van der Waals surface area contributed by atoms with Crippen molar-refractivity contribution in [2.75, 3.05) is 0 Å². The van der Waals surface area contributed by atoms with Crippen molar-refractivity contribution in [3.8, 4) is 0 Å². The van der Waals surface area contributed by atoms with Crippen LogP contribution in [0.3, 0.4) is 0 Å². The van der Waals surface area contributed by atoms with E-state index in [1.54, 1.807) is 16.8 Å². The van der Waals surface area contributed by atoms with Crippen molar-refractivity contribution in [2.45, 2.75) is 0 Å². The normalized spacial score (nSPS) is 4.33. The molecule has 6 heavy (non-hydrogen) atoms. The van der Waals surface area contributed by atoms with Gasteiger partial charge in [-0.25, -0.2) is 0 Å². The van der Waals surface area contributed by atoms with E-state index < -0.39 is 0 Å². The summed E-state index contributed by atoms with van der Waals surface area (Å²) in [4.78, 5) is 0. The molecule has 0 radical (unpaired) electrons. The Morgan fingerprint density at radius 2 is 1.00 bits per heavy atom. The van der Waals surface area contributed by atoms with Crippen molar-refractivity contribution in [3.63, 3.8) is 0 Å². The van der Waals surface area contributed by atoms with E-state index in [1.165, 1.54) is 0 Å². The van der Waals surface area contributed by atoms with Gasteiger partial charge in [-0.2, -0.15) is 0 Å². The average Bonchev–Trinajstić information content (AvgIpc) is 1.37. The summed E-state index contributed by atoms with van der Waals surface area (Å²) in [6, 6.07) is 0. The van der Waals surface area contributed by atoms with Crippen molar-refractivity contribution < 1.29 is 38.3 Å². The molecule has 24 valence electrons. The fourth-order valence-electron chi connectivity index (χ4n) is 0. The summed E-state index contributed by atoms with van der Waals surface area (Å²) in [5.41, 5.74) is 0. The maximum atomic E-state index is 2.06. The minimum absolute atomic E-state index is 0. The molecule has 0 atom stereocenters. The summed E-state index contributed by atoms with van der Waals surface area (Å²) in [5.74, 6) is 0. The SMILES string of the molecule is [LiH].[LiH].[Ti][S][S][Ti]. The summed E-state index contributed by atoms with van der Waals surface area (Å²) >= 11 is 4.12. The van der Waals surface area contributed by atoms with Gasteiger partial charge in [-0.15, -0.1) is 0 Å². The summed E-state index contributed by atoms with van der Waals surface area (Å²) in [5, 5.41) is 0. The quantitative estimate of drug-likeness (QED) is 0.407. The van der Waals surface area contributed by atoms with Crippen LogP contribution < -0.4 is 0 Å². The molecular weight excluding hydrogens is 174 g/mol. The van der Waals surface area contributed by atoms with E-state index in [4.69, 9.17) is 0 Å². The molecule has 6 heteroatoms. The minimum atomic E-state index is 0. The molecule has 0 heterocycles. The van der Waals surface area contributed by atoms with E-state index in [0.29, 0.717) is 0 Å². The van der Waals surface area contributed by atoms with Crippen molar-refractivity contribution in [3.05, 3.63) is 0 Å². The second kappa shape index (κ2) is 15.8. The van der Waals surface area contributed by atoms with Crippen LogP contribution in [0, 0.1) is 0 Å². The molecule has 0 spiro atoms. The Hall–Kier alpha value is 3.32. The zero-order valence-corrected chi connectivity index (χ0v) is 6.57. The van der Waals surface area contributed by atoms with Gasteiger partial charge in [0.15, 0.2) is 0 Å². The molecule has 0 aromatic carbocycles. The van der Waals surface area contributed by atoms with Gasteiger partial charge in [0.1, 0.15) is 0 Å². The van der Waals surface area contributed by atoms with Crippen LogP contribution in [0.5, 0.6) is 0 Å². The second-order valence-corrected chi connectivity index (χ2v) is 6.18. The van der Waals surface area contributed by atoms with E-state index in [2.05, 4.69) is 38.3 Å². The summed E-state index contributed by atoms with van der Waals surface area (Å²) < 4.78 is 0. The Labute approximate surface area is 91.0 Å². The second-order valence-electron chi connectivity index (χ2n) is 0.167. The predicted molar refractivity (Wildman–Crippen MR) is 29.5 cm³/mol. The third-order valence-electron chi connectivity index (χ3n) is 0.0417. The zero-order chi connectivity index (χ0) is 3.41. The van der Waals surface area contributed by atoms with E-state index >= 15 is 0 Å². The molecule has 0 rings (SSSR count). The van der Waals surface area contributed by atoms with Gasteiger partial charge in [0, 0.05) is 0 Å². The van der Waals surface area contributed by atoms with Gasteiger partial charge < -0.3 is 0 Å². The monoisotopic (exact) mass is 176 g/mol. The van der Waals surface area contributed by atoms with E-state index in [1.807, 2.05) is 0 Å². The molecule has 0 aliphatic heterocycles. The van der Waals surface area contributed by atoms with Crippen LogP contribution in [0.25, 0.3) is 0 Å². The van der Waals surface area contributed by atoms with Crippen molar-refractivity contribution in [2.24, 2.45) is 0 Å². The standard InChI is InChI=1S/2Li.S2.2Ti.2H/c;;1-2;;;;/q;;-2;2*+1;;. The molecule has 0 bridgehead atoms. The first-order valence-corrected chi connectivity index (χ1v) is 6.55. The van der Waals surface area contributed by atoms with Gasteiger partial charge in [-0.05, 0) is 0 Å². The van der Waals surface area contributed by atoms with Gasteiger partial charge in [0.25, 0.3) is 0 Å². The van der Waals surface area contributed by atoms with Crippen LogP contribution >= 0.6 is 16.8 Å². The molecule has 0 aliphatic carbocycles. The Morgan fingerprint density at radius 3 is 1.00 bits per heavy atom. The molecular formula is H2Li2S2Ti2. The Bertz CT molecular complexity index is 11.5. The number of hydrogen-bond donors (Lipinski definition) is 0. The van der Waals surface area contributed by atoms with Gasteiger partial charge in [0.2, 0.25) is 0 Å². The zero-order valence-electron chi connectivity index (χ0n) is 1.82. The Kier molecular flexibility index (Phi) is 42.4. The van der Waals surface area contributed by atoms with Crippen molar-refractivity contribution in [1.29, 1.82) is 0 Å². The molecule has 0 aromatic rings. The third kappa shape index (κ3) is 15.7. The number of hydrogen-bond acceptors (Lipinski definition) is 2. The average molecular weight is 176 g/mol. The first kappa shape index (κ1) is 16.2. The molecule has 0 unspecified atom stereocenters. The van der Waals surface area contributed by atoms with E-state index in [0.717, 1.165) is 0 Å². The van der Waals surface area contributed by atoms with Gasteiger partial charge in [-0.1, -0.05) is 0 Å². The third-order valence-corrected chi connectivity index (χ3v) is 6.37. The molecule has 0 saturated heterocycles. The maximum absolute atomic E-state index is 2.06. The van der Waals surface area contributed by atoms with Crippen LogP contribution in [0.15, 0.2) is 0 Å². The predicted octanol–water partition coefficient (Wildman–Crippen LogP) is -0.00560. The fourth-order valence-corrected chi connectivity index (χ4v) is 0.